The van der Waals surface area contributed by atoms with E-state index in [4.69, 9.17) is 16.3 Å². The van der Waals surface area contributed by atoms with Crippen LogP contribution in [-0.4, -0.2) is 23.1 Å². The molecule has 212 valence electrons. The number of fused-ring (bicyclic) bond motifs is 3. The third-order valence-corrected chi connectivity index (χ3v) is 8.30. The lowest BCUT2D eigenvalue weighted by atomic mass is 9.99. The second kappa shape index (κ2) is 12.2. The van der Waals surface area contributed by atoms with Crippen molar-refractivity contribution in [2.75, 3.05) is 0 Å². The van der Waals surface area contributed by atoms with Crippen LogP contribution in [0.1, 0.15) is 32.0 Å². The van der Waals surface area contributed by atoms with E-state index >= 15 is 0 Å². The quantitative estimate of drug-likeness (QED) is 0.0780. The maximum atomic E-state index is 13.7. The molecule has 1 heterocycles. The number of carbonyl (C=O) groups excluding carboxylic acids is 2. The Morgan fingerprint density at radius 1 is 0.907 bits per heavy atom. The molecule has 0 bridgehead atoms. The molecule has 0 saturated heterocycles. The molecular formula is C34H22Br2ClN3O3. The van der Waals surface area contributed by atoms with Crippen molar-refractivity contribution in [1.29, 1.82) is 0 Å². The van der Waals surface area contributed by atoms with Crippen molar-refractivity contribution < 1.29 is 14.3 Å². The molecule has 0 radical (unpaired) electrons. The van der Waals surface area contributed by atoms with Crippen LogP contribution in [0.3, 0.4) is 0 Å². The van der Waals surface area contributed by atoms with Crippen molar-refractivity contribution >= 4 is 83.2 Å². The average Bonchev–Trinajstić information content (AvgIpc) is 3.39. The highest BCUT2D eigenvalue weighted by molar-refractivity contribution is 9.11. The van der Waals surface area contributed by atoms with Crippen molar-refractivity contribution in [2.45, 2.75) is 6.92 Å². The number of hydrazone groups is 1. The molecule has 5 aromatic carbocycles. The normalized spacial score (nSPS) is 11.3. The van der Waals surface area contributed by atoms with Crippen LogP contribution in [0.25, 0.3) is 32.8 Å². The number of rotatable bonds is 6. The van der Waals surface area contributed by atoms with Crippen LogP contribution in [0, 0.1) is 6.92 Å². The van der Waals surface area contributed by atoms with Crippen LogP contribution in [0.15, 0.2) is 111 Å². The number of esters is 1. The first kappa shape index (κ1) is 28.9. The maximum Gasteiger partial charge on any atom is 0.343 e. The van der Waals surface area contributed by atoms with Gasteiger partial charge in [-0.3, -0.25) is 4.79 Å². The Morgan fingerprint density at radius 2 is 1.70 bits per heavy atom. The smallest absolute Gasteiger partial charge is 0.343 e. The fourth-order valence-corrected chi connectivity index (χ4v) is 6.54. The minimum atomic E-state index is -0.514. The molecular weight excluding hydrogens is 694 g/mol. The van der Waals surface area contributed by atoms with E-state index in [2.05, 4.69) is 47.4 Å². The first-order valence-electron chi connectivity index (χ1n) is 13.2. The monoisotopic (exact) mass is 713 g/mol. The van der Waals surface area contributed by atoms with Crippen molar-refractivity contribution in [2.24, 2.45) is 5.10 Å². The van der Waals surface area contributed by atoms with Gasteiger partial charge in [0.05, 0.1) is 21.8 Å². The number of H-pyrrole nitrogens is 1. The molecule has 43 heavy (non-hydrogen) atoms. The van der Waals surface area contributed by atoms with Gasteiger partial charge in [0.2, 0.25) is 0 Å². The van der Waals surface area contributed by atoms with Gasteiger partial charge in [0.1, 0.15) is 5.69 Å². The summed E-state index contributed by atoms with van der Waals surface area (Å²) in [4.78, 5) is 29.9. The largest absolute Gasteiger partial charge is 0.421 e. The number of amides is 1. The fourth-order valence-electron chi connectivity index (χ4n) is 4.97. The number of halogens is 3. The fraction of sp³-hybridized carbons (Fsp3) is 0.0294. The van der Waals surface area contributed by atoms with E-state index in [0.29, 0.717) is 31.9 Å². The van der Waals surface area contributed by atoms with Crippen molar-refractivity contribution in [3.63, 3.8) is 0 Å². The lowest BCUT2D eigenvalue weighted by Gasteiger charge is -2.11. The number of benzene rings is 5. The van der Waals surface area contributed by atoms with Gasteiger partial charge in [-0.05, 0) is 58.6 Å². The van der Waals surface area contributed by atoms with Gasteiger partial charge in [0.25, 0.3) is 5.91 Å². The van der Waals surface area contributed by atoms with E-state index in [-0.39, 0.29) is 5.75 Å². The van der Waals surface area contributed by atoms with Gasteiger partial charge in [-0.15, -0.1) is 0 Å². The highest BCUT2D eigenvalue weighted by atomic mass is 79.9. The van der Waals surface area contributed by atoms with E-state index < -0.39 is 11.9 Å². The standard InChI is InChI=1S/C34H22Br2ClN3O3/c1-19-7-6-9-21(15-19)34(42)43-32-22(16-23(35)17-27(32)36)18-38-40-33(41)31-29(25-11-4-5-12-28(25)37)26-14-13-20-8-2-3-10-24(20)30(26)39-31/h2-18,39H,1H3,(H,40,41). The summed E-state index contributed by atoms with van der Waals surface area (Å²) in [6.07, 6.45) is 1.43. The third kappa shape index (κ3) is 5.86. The van der Waals surface area contributed by atoms with Gasteiger partial charge in [0, 0.05) is 37.0 Å². The Labute approximate surface area is 269 Å². The van der Waals surface area contributed by atoms with Crippen LogP contribution in [0.4, 0.5) is 0 Å². The number of aromatic nitrogens is 1. The first-order chi connectivity index (χ1) is 20.8. The molecule has 9 heteroatoms. The number of hydrogen-bond donors (Lipinski definition) is 2. The highest BCUT2D eigenvalue weighted by Gasteiger charge is 2.22. The Morgan fingerprint density at radius 3 is 2.51 bits per heavy atom. The highest BCUT2D eigenvalue weighted by Crippen LogP contribution is 2.39. The SMILES string of the molecule is Cc1cccc(C(=O)Oc2c(Br)cc(Br)cc2C=NNC(=O)c2[nH]c3c(ccc4ccccc43)c2-c2ccccc2Cl)c1. The van der Waals surface area contributed by atoms with Crippen LogP contribution in [0.2, 0.25) is 5.02 Å². The zero-order valence-electron chi connectivity index (χ0n) is 22.6. The minimum Gasteiger partial charge on any atom is -0.421 e. The summed E-state index contributed by atoms with van der Waals surface area (Å²) in [5, 5.41) is 7.64. The summed E-state index contributed by atoms with van der Waals surface area (Å²) in [7, 11) is 0. The molecule has 1 amide bonds. The van der Waals surface area contributed by atoms with Crippen molar-refractivity contribution in [1.82, 2.24) is 10.4 Å². The van der Waals surface area contributed by atoms with Gasteiger partial charge in [-0.2, -0.15) is 5.10 Å². The van der Waals surface area contributed by atoms with Crippen molar-refractivity contribution in [3.8, 4) is 16.9 Å². The molecule has 6 nitrogen and oxygen atoms in total. The molecule has 0 aliphatic heterocycles. The zero-order chi connectivity index (χ0) is 30.1. The molecule has 0 fully saturated rings. The molecule has 0 unspecified atom stereocenters. The Balaban J connectivity index is 1.35. The van der Waals surface area contributed by atoms with Crippen LogP contribution in [-0.2, 0) is 0 Å². The van der Waals surface area contributed by atoms with Crippen molar-refractivity contribution in [3.05, 3.63) is 133 Å². The first-order valence-corrected chi connectivity index (χ1v) is 15.2. The molecule has 0 spiro atoms. The predicted molar refractivity (Wildman–Crippen MR) is 179 cm³/mol. The predicted octanol–water partition coefficient (Wildman–Crippen LogP) is 9.46. The van der Waals surface area contributed by atoms with E-state index in [0.717, 1.165) is 37.3 Å². The average molecular weight is 716 g/mol. The number of aryl methyl sites for hydroxylation is 1. The summed E-state index contributed by atoms with van der Waals surface area (Å²) in [6, 6.07) is 30.0. The number of ether oxygens (including phenoxy) is 1. The van der Waals surface area contributed by atoms with Gasteiger partial charge in [-0.1, -0.05) is 99.8 Å². The Bertz CT molecular complexity index is 2090. The summed E-state index contributed by atoms with van der Waals surface area (Å²) in [5.74, 6) is -0.708. The summed E-state index contributed by atoms with van der Waals surface area (Å²) >= 11 is 13.6. The lowest BCUT2D eigenvalue weighted by Crippen LogP contribution is -2.19. The number of nitrogens with one attached hydrogen (secondary N) is 2. The summed E-state index contributed by atoms with van der Waals surface area (Å²) in [5.41, 5.74) is 7.00. The van der Waals surface area contributed by atoms with Gasteiger partial charge in [0.15, 0.2) is 5.75 Å². The molecule has 0 atom stereocenters. The number of aromatic amines is 1. The molecule has 6 rings (SSSR count). The summed E-state index contributed by atoms with van der Waals surface area (Å²) in [6.45, 7) is 1.90. The maximum absolute atomic E-state index is 13.7. The topological polar surface area (TPSA) is 83.5 Å². The van der Waals surface area contributed by atoms with Gasteiger partial charge >= 0.3 is 5.97 Å². The van der Waals surface area contributed by atoms with Gasteiger partial charge < -0.3 is 9.72 Å². The van der Waals surface area contributed by atoms with Gasteiger partial charge in [-0.25, -0.2) is 10.2 Å². The van der Waals surface area contributed by atoms with Crippen LogP contribution >= 0.6 is 43.5 Å². The summed E-state index contributed by atoms with van der Waals surface area (Å²) < 4.78 is 7.02. The molecule has 1 aromatic heterocycles. The van der Waals surface area contributed by atoms with Crippen LogP contribution < -0.4 is 10.2 Å². The van der Waals surface area contributed by atoms with Crippen LogP contribution in [0.5, 0.6) is 5.75 Å². The van der Waals surface area contributed by atoms with E-state index in [1.54, 1.807) is 36.4 Å². The van der Waals surface area contributed by atoms with E-state index in [1.807, 2.05) is 67.6 Å². The Hall–Kier alpha value is -4.24. The second-order valence-corrected chi connectivity index (χ2v) is 12.0. The number of carbonyl (C=O) groups is 2. The van der Waals surface area contributed by atoms with E-state index in [1.165, 1.54) is 6.21 Å². The molecule has 0 aliphatic rings. The molecule has 6 aromatic rings. The Kier molecular flexibility index (Phi) is 8.17. The van der Waals surface area contributed by atoms with E-state index in [9.17, 15) is 9.59 Å². The number of hydrogen-bond acceptors (Lipinski definition) is 4. The third-order valence-electron chi connectivity index (χ3n) is 6.92. The molecule has 0 saturated carbocycles. The second-order valence-electron chi connectivity index (χ2n) is 9.83. The lowest BCUT2D eigenvalue weighted by molar-refractivity contribution is 0.0732. The zero-order valence-corrected chi connectivity index (χ0v) is 26.5. The minimum absolute atomic E-state index is 0.265. The molecule has 0 aliphatic carbocycles. The number of nitrogens with zero attached hydrogens (tertiary/aromatic N) is 1. The molecule has 2 N–H and O–H groups in total.